The first kappa shape index (κ1) is 24.3. The molecule has 0 bridgehead atoms. The zero-order chi connectivity index (χ0) is 24.2. The Morgan fingerprint density at radius 3 is 2.79 bits per heavy atom. The standard InChI is InChI=1S/C18H18BrF3N6O5/c19-12-1-2-14(33-18(20,21)22)11(5-12)7-23-15-13(28(31)32)8-25-16(26-15)24-6-10-3-4-27(9-10)17(29)30/h1-2,5,8,10H,3-4,6-7,9H2,(H,29,30)(H2,23,24,25,26). The van der Waals surface area contributed by atoms with Gasteiger partial charge in [-0.1, -0.05) is 15.9 Å². The van der Waals surface area contributed by atoms with Crippen LogP contribution >= 0.6 is 15.9 Å². The van der Waals surface area contributed by atoms with Crippen LogP contribution in [0.15, 0.2) is 28.9 Å². The zero-order valence-electron chi connectivity index (χ0n) is 16.8. The molecule has 1 amide bonds. The van der Waals surface area contributed by atoms with Gasteiger partial charge in [0, 0.05) is 36.2 Å². The molecule has 2 aromatic rings. The van der Waals surface area contributed by atoms with E-state index in [1.54, 1.807) is 0 Å². The van der Waals surface area contributed by atoms with E-state index >= 15 is 0 Å². The molecule has 1 aromatic heterocycles. The maximum Gasteiger partial charge on any atom is 0.573 e. The molecule has 0 aliphatic carbocycles. The van der Waals surface area contributed by atoms with E-state index in [4.69, 9.17) is 5.11 Å². The average molecular weight is 535 g/mol. The summed E-state index contributed by atoms with van der Waals surface area (Å²) < 4.78 is 42.5. The Morgan fingerprint density at radius 1 is 1.39 bits per heavy atom. The van der Waals surface area contributed by atoms with Gasteiger partial charge >= 0.3 is 18.1 Å². The molecule has 1 saturated heterocycles. The number of halogens is 4. The summed E-state index contributed by atoms with van der Waals surface area (Å²) in [6, 6.07) is 3.88. The highest BCUT2D eigenvalue weighted by atomic mass is 79.9. The summed E-state index contributed by atoms with van der Waals surface area (Å²) in [7, 11) is 0. The smallest absolute Gasteiger partial charge is 0.465 e. The molecule has 1 aliphatic heterocycles. The highest BCUT2D eigenvalue weighted by Crippen LogP contribution is 2.30. The number of ether oxygens (including phenoxy) is 1. The molecule has 15 heteroatoms. The second-order valence-electron chi connectivity index (χ2n) is 7.10. The summed E-state index contributed by atoms with van der Waals surface area (Å²) in [4.78, 5) is 30.9. The SMILES string of the molecule is O=C(O)N1CCC(CNc2ncc([N+](=O)[O-])c(NCc3cc(Br)ccc3OC(F)(F)F)n2)C1. The minimum absolute atomic E-state index is 0.0139. The van der Waals surface area contributed by atoms with Gasteiger partial charge in [0.05, 0.1) is 4.92 Å². The van der Waals surface area contributed by atoms with Crippen LogP contribution in [0.4, 0.5) is 35.4 Å². The number of nitrogens with zero attached hydrogens (tertiary/aromatic N) is 4. The first-order valence-electron chi connectivity index (χ1n) is 9.53. The maximum atomic E-state index is 12.7. The van der Waals surface area contributed by atoms with Crippen molar-refractivity contribution in [2.45, 2.75) is 19.3 Å². The van der Waals surface area contributed by atoms with Gasteiger partial charge in [-0.3, -0.25) is 10.1 Å². The van der Waals surface area contributed by atoms with E-state index < -0.39 is 28.8 Å². The second kappa shape index (κ2) is 10.1. The number of likely N-dealkylation sites (tertiary alicyclic amines) is 1. The molecule has 1 aromatic carbocycles. The summed E-state index contributed by atoms with van der Waals surface area (Å²) >= 11 is 3.17. The number of rotatable bonds is 8. The Labute approximate surface area is 193 Å². The van der Waals surface area contributed by atoms with Crippen molar-refractivity contribution in [1.82, 2.24) is 14.9 Å². The predicted octanol–water partition coefficient (Wildman–Crippen LogP) is 4.07. The number of nitro groups is 1. The largest absolute Gasteiger partial charge is 0.573 e. The molecule has 0 saturated carbocycles. The molecule has 1 aliphatic rings. The lowest BCUT2D eigenvalue weighted by Crippen LogP contribution is -2.28. The number of hydrogen-bond donors (Lipinski definition) is 3. The van der Waals surface area contributed by atoms with Gasteiger partial charge in [0.2, 0.25) is 11.8 Å². The summed E-state index contributed by atoms with van der Waals surface area (Å²) in [5, 5.41) is 25.9. The minimum Gasteiger partial charge on any atom is -0.465 e. The van der Waals surface area contributed by atoms with Gasteiger partial charge < -0.3 is 25.4 Å². The molecule has 2 heterocycles. The lowest BCUT2D eigenvalue weighted by molar-refractivity contribution is -0.384. The predicted molar refractivity (Wildman–Crippen MR) is 113 cm³/mol. The fourth-order valence-corrected chi connectivity index (χ4v) is 3.63. The van der Waals surface area contributed by atoms with Crippen LogP contribution < -0.4 is 15.4 Å². The van der Waals surface area contributed by atoms with E-state index in [0.29, 0.717) is 30.5 Å². The van der Waals surface area contributed by atoms with Crippen LogP contribution in [0, 0.1) is 16.0 Å². The molecule has 0 radical (unpaired) electrons. The Kier molecular flexibility index (Phi) is 7.40. The van der Waals surface area contributed by atoms with Crippen molar-refractivity contribution in [2.24, 2.45) is 5.92 Å². The quantitative estimate of drug-likeness (QED) is 0.337. The molecular weight excluding hydrogens is 517 g/mol. The van der Waals surface area contributed by atoms with Crippen molar-refractivity contribution in [3.05, 3.63) is 44.5 Å². The van der Waals surface area contributed by atoms with Crippen molar-refractivity contribution >= 4 is 39.5 Å². The van der Waals surface area contributed by atoms with Crippen molar-refractivity contribution in [2.75, 3.05) is 30.3 Å². The van der Waals surface area contributed by atoms with Gasteiger partial charge in [-0.15, -0.1) is 13.2 Å². The number of benzene rings is 1. The number of nitrogens with one attached hydrogen (secondary N) is 2. The number of aromatic nitrogens is 2. The van der Waals surface area contributed by atoms with E-state index in [0.717, 1.165) is 12.3 Å². The van der Waals surface area contributed by atoms with E-state index in [2.05, 4.69) is 41.3 Å². The molecule has 33 heavy (non-hydrogen) atoms. The van der Waals surface area contributed by atoms with Gasteiger partial charge in [0.15, 0.2) is 0 Å². The monoisotopic (exact) mass is 534 g/mol. The van der Waals surface area contributed by atoms with Crippen LogP contribution in [-0.4, -0.2) is 57.0 Å². The van der Waals surface area contributed by atoms with Gasteiger partial charge in [-0.05, 0) is 30.5 Å². The molecule has 1 unspecified atom stereocenters. The third-order valence-corrected chi connectivity index (χ3v) is 5.26. The molecule has 3 N–H and O–H groups in total. The molecule has 0 spiro atoms. The summed E-state index contributed by atoms with van der Waals surface area (Å²) in [6.45, 7) is 0.838. The first-order valence-corrected chi connectivity index (χ1v) is 10.3. The molecule has 1 atom stereocenters. The van der Waals surface area contributed by atoms with Gasteiger partial charge in [-0.25, -0.2) is 9.78 Å². The molecule has 11 nitrogen and oxygen atoms in total. The van der Waals surface area contributed by atoms with Crippen LogP contribution in [0.1, 0.15) is 12.0 Å². The van der Waals surface area contributed by atoms with Gasteiger partial charge in [0.1, 0.15) is 11.9 Å². The molecule has 1 fully saturated rings. The number of anilines is 2. The van der Waals surface area contributed by atoms with Crippen LogP contribution in [0.25, 0.3) is 0 Å². The van der Waals surface area contributed by atoms with Crippen molar-refractivity contribution in [3.63, 3.8) is 0 Å². The van der Waals surface area contributed by atoms with Crippen LogP contribution in [0.2, 0.25) is 0 Å². The summed E-state index contributed by atoms with van der Waals surface area (Å²) in [6.07, 6.45) is -4.29. The Balaban J connectivity index is 1.73. The molecular formula is C18H18BrF3N6O5. The third kappa shape index (κ3) is 6.81. The maximum absolute atomic E-state index is 12.7. The fraction of sp³-hybridized carbons (Fsp3) is 0.389. The lowest BCUT2D eigenvalue weighted by Gasteiger charge is -2.15. The average Bonchev–Trinajstić information content (AvgIpc) is 3.21. The third-order valence-electron chi connectivity index (χ3n) is 4.77. The second-order valence-corrected chi connectivity index (χ2v) is 8.02. The normalized spacial score (nSPS) is 15.9. The molecule has 178 valence electrons. The highest BCUT2D eigenvalue weighted by molar-refractivity contribution is 9.10. The minimum atomic E-state index is -4.91. The Morgan fingerprint density at radius 2 is 2.15 bits per heavy atom. The Bertz CT molecular complexity index is 1040. The van der Waals surface area contributed by atoms with Gasteiger partial charge in [-0.2, -0.15) is 4.98 Å². The number of carboxylic acid groups (broad SMARTS) is 1. The number of alkyl halides is 3. The molecule has 3 rings (SSSR count). The van der Waals surface area contributed by atoms with Gasteiger partial charge in [0.25, 0.3) is 0 Å². The first-order chi connectivity index (χ1) is 15.5. The van der Waals surface area contributed by atoms with Crippen LogP contribution in [0.5, 0.6) is 5.75 Å². The summed E-state index contributed by atoms with van der Waals surface area (Å²) in [5.74, 6) is -0.593. The van der Waals surface area contributed by atoms with Crippen LogP contribution in [-0.2, 0) is 6.54 Å². The van der Waals surface area contributed by atoms with Crippen molar-refractivity contribution in [1.29, 1.82) is 0 Å². The van der Waals surface area contributed by atoms with Crippen LogP contribution in [0.3, 0.4) is 0 Å². The fourth-order valence-electron chi connectivity index (χ4n) is 3.22. The van der Waals surface area contributed by atoms with E-state index in [-0.39, 0.29) is 29.8 Å². The number of amides is 1. The number of hydrogen-bond acceptors (Lipinski definition) is 8. The van der Waals surface area contributed by atoms with E-state index in [1.807, 2.05) is 0 Å². The van der Waals surface area contributed by atoms with E-state index in [1.165, 1.54) is 17.0 Å². The van der Waals surface area contributed by atoms with E-state index in [9.17, 15) is 28.1 Å². The Hall–Kier alpha value is -3.36. The zero-order valence-corrected chi connectivity index (χ0v) is 18.4. The van der Waals surface area contributed by atoms with Crippen molar-refractivity contribution < 1.29 is 32.7 Å². The topological polar surface area (TPSA) is 143 Å². The van der Waals surface area contributed by atoms with Crippen molar-refractivity contribution in [3.8, 4) is 5.75 Å². The number of carbonyl (C=O) groups is 1. The summed E-state index contributed by atoms with van der Waals surface area (Å²) in [5.41, 5.74) is -0.379. The highest BCUT2D eigenvalue weighted by Gasteiger charge is 2.32. The lowest BCUT2D eigenvalue weighted by atomic mass is 10.1.